The highest BCUT2D eigenvalue weighted by atomic mass is 35.5. The molecule has 0 bridgehead atoms. The van der Waals surface area contributed by atoms with E-state index in [-0.39, 0.29) is 60.2 Å². The lowest BCUT2D eigenvalue weighted by Crippen LogP contribution is -2.60. The van der Waals surface area contributed by atoms with E-state index < -0.39 is 0 Å². The molecule has 3 amide bonds. The number of nitrogens with one attached hydrogen (secondary N) is 1. The van der Waals surface area contributed by atoms with Crippen molar-refractivity contribution >= 4 is 29.4 Å². The second kappa shape index (κ2) is 13.3. The molecule has 0 radical (unpaired) electrons. The normalized spacial score (nSPS) is 39.3. The number of rotatable bonds is 6. The molecule has 0 aromatic heterocycles. The quantitative estimate of drug-likeness (QED) is 0.438. The summed E-state index contributed by atoms with van der Waals surface area (Å²) in [6.45, 7) is 7.67. The number of amidine groups is 1. The standard InChI is InChI=1S/C31H51ClN4O4/c1-19(2)40-26-17-24(39-4)12-13-25(26)30-34-28(21-8-10-23(32)11-9-21)29(22-7-5-6-20(3)16-22)36(30)31(38)35-15-14-33-27(37)18-35/h19-26,28-29H,5-18H2,1-4H3,(H,33,37)/t20?,21?,22?,23?,24?,25?,26?,28-,29+/m0/s1. The minimum atomic E-state index is -0.0845. The van der Waals surface area contributed by atoms with E-state index in [9.17, 15) is 9.59 Å². The van der Waals surface area contributed by atoms with Crippen LogP contribution in [0.4, 0.5) is 4.79 Å². The molecule has 4 fully saturated rings. The lowest BCUT2D eigenvalue weighted by Gasteiger charge is -2.44. The second-order valence-electron chi connectivity index (χ2n) is 13.4. The van der Waals surface area contributed by atoms with Crippen LogP contribution in [-0.2, 0) is 14.3 Å². The Morgan fingerprint density at radius 3 is 2.50 bits per heavy atom. The number of halogens is 1. The molecule has 3 saturated carbocycles. The number of methoxy groups -OCH3 is 1. The predicted molar refractivity (Wildman–Crippen MR) is 158 cm³/mol. The highest BCUT2D eigenvalue weighted by Gasteiger charge is 2.52. The lowest BCUT2D eigenvalue weighted by molar-refractivity contribution is -0.123. The first-order valence-electron chi connectivity index (χ1n) is 16.0. The van der Waals surface area contributed by atoms with Crippen LogP contribution in [0.1, 0.15) is 91.4 Å². The van der Waals surface area contributed by atoms with Crippen LogP contribution < -0.4 is 5.32 Å². The van der Waals surface area contributed by atoms with Gasteiger partial charge in [0.15, 0.2) is 0 Å². The Bertz CT molecular complexity index is 923. The van der Waals surface area contributed by atoms with Gasteiger partial charge in [-0.15, -0.1) is 11.6 Å². The minimum Gasteiger partial charge on any atom is -0.381 e. The third-order valence-electron chi connectivity index (χ3n) is 10.2. The Balaban J connectivity index is 1.54. The van der Waals surface area contributed by atoms with E-state index in [1.807, 2.05) is 0 Å². The monoisotopic (exact) mass is 578 g/mol. The van der Waals surface area contributed by atoms with Gasteiger partial charge in [0.25, 0.3) is 0 Å². The van der Waals surface area contributed by atoms with Gasteiger partial charge in [-0.3, -0.25) is 14.7 Å². The van der Waals surface area contributed by atoms with Crippen LogP contribution in [-0.4, -0.2) is 90.1 Å². The number of hydrogen-bond acceptors (Lipinski definition) is 5. The Morgan fingerprint density at radius 2 is 1.82 bits per heavy atom. The van der Waals surface area contributed by atoms with Gasteiger partial charge in [0, 0.05) is 37.9 Å². The predicted octanol–water partition coefficient (Wildman–Crippen LogP) is 5.22. The van der Waals surface area contributed by atoms with Gasteiger partial charge in [-0.05, 0) is 83.0 Å². The average molecular weight is 579 g/mol. The highest BCUT2D eigenvalue weighted by Crippen LogP contribution is 2.45. The first-order valence-corrected chi connectivity index (χ1v) is 16.4. The Hall–Kier alpha value is -1.38. The van der Waals surface area contributed by atoms with Gasteiger partial charge in [0.2, 0.25) is 5.91 Å². The van der Waals surface area contributed by atoms with Gasteiger partial charge in [0.1, 0.15) is 12.4 Å². The van der Waals surface area contributed by atoms with Gasteiger partial charge < -0.3 is 19.7 Å². The van der Waals surface area contributed by atoms with Gasteiger partial charge >= 0.3 is 6.03 Å². The largest absolute Gasteiger partial charge is 0.381 e. The van der Waals surface area contributed by atoms with Crippen LogP contribution in [0.3, 0.4) is 0 Å². The van der Waals surface area contributed by atoms with Crippen LogP contribution in [0.2, 0.25) is 0 Å². The molecule has 2 heterocycles. The smallest absolute Gasteiger partial charge is 0.326 e. The van der Waals surface area contributed by atoms with Crippen molar-refractivity contribution in [3.8, 4) is 0 Å². The zero-order valence-electron chi connectivity index (χ0n) is 25.0. The van der Waals surface area contributed by atoms with E-state index in [4.69, 9.17) is 26.1 Å². The van der Waals surface area contributed by atoms with E-state index in [0.29, 0.717) is 30.8 Å². The first kappa shape index (κ1) is 30.1. The molecule has 0 spiro atoms. The minimum absolute atomic E-state index is 0.0342. The summed E-state index contributed by atoms with van der Waals surface area (Å²) in [5.41, 5.74) is 0. The molecule has 5 aliphatic rings. The molecular formula is C31H51ClN4O4. The summed E-state index contributed by atoms with van der Waals surface area (Å²) in [4.78, 5) is 36.4. The molecule has 0 aromatic carbocycles. The average Bonchev–Trinajstić information content (AvgIpc) is 3.33. The summed E-state index contributed by atoms with van der Waals surface area (Å²) in [5.74, 6) is 2.35. The maximum atomic E-state index is 14.6. The van der Waals surface area contributed by atoms with Crippen molar-refractivity contribution in [2.75, 3.05) is 26.7 Å². The number of piperazine rings is 1. The molecular weight excluding hydrogens is 528 g/mol. The van der Waals surface area contributed by atoms with E-state index in [1.165, 1.54) is 12.8 Å². The summed E-state index contributed by atoms with van der Waals surface area (Å²) in [6, 6.07) is 0.0753. The molecule has 3 aliphatic carbocycles. The van der Waals surface area contributed by atoms with Crippen LogP contribution in [0, 0.1) is 23.7 Å². The van der Waals surface area contributed by atoms with E-state index >= 15 is 0 Å². The number of ether oxygens (including phenoxy) is 2. The molecule has 0 aromatic rings. The molecule has 40 heavy (non-hydrogen) atoms. The van der Waals surface area contributed by atoms with Crippen molar-refractivity contribution in [1.29, 1.82) is 0 Å². The molecule has 7 atom stereocenters. The first-order chi connectivity index (χ1) is 19.2. The van der Waals surface area contributed by atoms with Gasteiger partial charge in [-0.2, -0.15) is 0 Å². The number of carbonyl (C=O) groups is 2. The maximum absolute atomic E-state index is 14.6. The molecule has 5 rings (SSSR count). The van der Waals surface area contributed by atoms with Crippen molar-refractivity contribution in [3.05, 3.63) is 0 Å². The van der Waals surface area contributed by atoms with Crippen molar-refractivity contribution in [1.82, 2.24) is 15.1 Å². The number of amides is 3. The molecule has 9 heteroatoms. The van der Waals surface area contributed by atoms with E-state index in [1.54, 1.807) is 12.0 Å². The van der Waals surface area contributed by atoms with E-state index in [0.717, 1.165) is 63.6 Å². The van der Waals surface area contributed by atoms with Crippen molar-refractivity contribution in [2.24, 2.45) is 28.7 Å². The fourth-order valence-electron chi connectivity index (χ4n) is 8.24. The number of aliphatic imine (C=N–C) groups is 1. The Kier molecular flexibility index (Phi) is 9.99. The molecule has 2 aliphatic heterocycles. The Labute approximate surface area is 245 Å². The van der Waals surface area contributed by atoms with Crippen molar-refractivity contribution in [3.63, 3.8) is 0 Å². The maximum Gasteiger partial charge on any atom is 0.326 e. The Morgan fingerprint density at radius 1 is 1.05 bits per heavy atom. The summed E-state index contributed by atoms with van der Waals surface area (Å²) in [6.07, 6.45) is 11.7. The van der Waals surface area contributed by atoms with Crippen molar-refractivity contribution in [2.45, 2.75) is 127 Å². The van der Waals surface area contributed by atoms with Gasteiger partial charge in [0.05, 0.1) is 30.4 Å². The number of hydrogen-bond donors (Lipinski definition) is 1. The summed E-state index contributed by atoms with van der Waals surface area (Å²) in [5, 5.41) is 3.13. The summed E-state index contributed by atoms with van der Waals surface area (Å²) in [7, 11) is 1.78. The van der Waals surface area contributed by atoms with Gasteiger partial charge in [-0.25, -0.2) is 4.79 Å². The zero-order chi connectivity index (χ0) is 28.4. The van der Waals surface area contributed by atoms with E-state index in [2.05, 4.69) is 31.0 Å². The van der Waals surface area contributed by atoms with Crippen LogP contribution in [0.25, 0.3) is 0 Å². The third kappa shape index (κ3) is 6.64. The number of nitrogens with zero attached hydrogens (tertiary/aromatic N) is 3. The van der Waals surface area contributed by atoms with Gasteiger partial charge in [-0.1, -0.05) is 19.8 Å². The molecule has 5 unspecified atom stereocenters. The zero-order valence-corrected chi connectivity index (χ0v) is 25.8. The SMILES string of the molecule is COC1CCC(C2=N[C@@H](C3CCC(Cl)CC3)[C@@H](C3CCCC(C)C3)N2C(=O)N2CCNC(=O)C2)C(OC(C)C)C1. The fraction of sp³-hybridized carbons (Fsp3) is 0.903. The van der Waals surface area contributed by atoms with Crippen LogP contribution in [0.15, 0.2) is 4.99 Å². The summed E-state index contributed by atoms with van der Waals surface area (Å²) < 4.78 is 12.3. The van der Waals surface area contributed by atoms with Crippen LogP contribution in [0.5, 0.6) is 0 Å². The molecule has 8 nitrogen and oxygen atoms in total. The van der Waals surface area contributed by atoms with Crippen molar-refractivity contribution < 1.29 is 19.1 Å². The molecule has 1 N–H and O–H groups in total. The molecule has 226 valence electrons. The fourth-order valence-corrected chi connectivity index (χ4v) is 8.49. The topological polar surface area (TPSA) is 83.5 Å². The highest BCUT2D eigenvalue weighted by molar-refractivity contribution is 6.20. The second-order valence-corrected chi connectivity index (χ2v) is 14.1. The summed E-state index contributed by atoms with van der Waals surface area (Å²) >= 11 is 6.56. The van der Waals surface area contributed by atoms with Crippen LogP contribution >= 0.6 is 11.6 Å². The molecule has 1 saturated heterocycles. The number of alkyl halides is 1. The number of urea groups is 1. The number of carbonyl (C=O) groups excluding carboxylic acids is 2. The lowest BCUT2D eigenvalue weighted by atomic mass is 9.72. The third-order valence-corrected chi connectivity index (χ3v) is 10.6.